The van der Waals surface area contributed by atoms with Gasteiger partial charge in [0.25, 0.3) is 0 Å². The number of carboxylic acid groups (broad SMARTS) is 1. The average molecular weight is 288 g/mol. The first-order valence-corrected chi connectivity index (χ1v) is 8.15. The van der Waals surface area contributed by atoms with Gasteiger partial charge >= 0.3 is 5.97 Å². The van der Waals surface area contributed by atoms with Crippen molar-refractivity contribution >= 4 is 11.8 Å². The number of aromatic nitrogens is 1. The SMILES string of the molecule is CC1CCCC1CNc1nc2c(cc1C(=O)O)CCCC2. The minimum atomic E-state index is -0.877. The van der Waals surface area contributed by atoms with Gasteiger partial charge in [-0.1, -0.05) is 19.8 Å². The molecule has 3 rings (SSSR count). The number of nitrogens with zero attached hydrogens (tertiary/aromatic N) is 1. The molecule has 2 N–H and O–H groups in total. The Hall–Kier alpha value is -1.58. The van der Waals surface area contributed by atoms with Crippen molar-refractivity contribution in [1.82, 2.24) is 4.98 Å². The van der Waals surface area contributed by atoms with Crippen LogP contribution in [0.4, 0.5) is 5.82 Å². The predicted octanol–water partition coefficient (Wildman–Crippen LogP) is 3.51. The molecule has 1 heterocycles. The zero-order valence-corrected chi connectivity index (χ0v) is 12.7. The Labute approximate surface area is 126 Å². The summed E-state index contributed by atoms with van der Waals surface area (Å²) in [6.07, 6.45) is 8.05. The van der Waals surface area contributed by atoms with Gasteiger partial charge in [-0.3, -0.25) is 0 Å². The molecule has 4 heteroatoms. The second kappa shape index (κ2) is 6.04. The molecule has 0 radical (unpaired) electrons. The van der Waals surface area contributed by atoms with Crippen LogP contribution in [0.25, 0.3) is 0 Å². The van der Waals surface area contributed by atoms with E-state index in [1.807, 2.05) is 6.07 Å². The highest BCUT2D eigenvalue weighted by molar-refractivity contribution is 5.93. The van der Waals surface area contributed by atoms with E-state index in [4.69, 9.17) is 0 Å². The maximum Gasteiger partial charge on any atom is 0.339 e. The standard InChI is InChI=1S/C17H24N2O2/c1-11-5-4-7-13(11)10-18-16-14(17(20)21)9-12-6-2-3-8-15(12)19-16/h9,11,13H,2-8,10H2,1H3,(H,18,19)(H,20,21). The fourth-order valence-corrected chi connectivity index (χ4v) is 3.68. The van der Waals surface area contributed by atoms with Crippen molar-refractivity contribution in [2.45, 2.75) is 51.9 Å². The number of carbonyl (C=O) groups is 1. The number of pyridine rings is 1. The molecular formula is C17H24N2O2. The molecule has 2 atom stereocenters. The summed E-state index contributed by atoms with van der Waals surface area (Å²) in [4.78, 5) is 16.1. The van der Waals surface area contributed by atoms with Crippen molar-refractivity contribution in [3.8, 4) is 0 Å². The van der Waals surface area contributed by atoms with Gasteiger partial charge in [0, 0.05) is 12.2 Å². The lowest BCUT2D eigenvalue weighted by molar-refractivity contribution is 0.0697. The van der Waals surface area contributed by atoms with Crippen molar-refractivity contribution in [3.63, 3.8) is 0 Å². The number of aromatic carboxylic acids is 1. The fraction of sp³-hybridized carbons (Fsp3) is 0.647. The molecule has 0 saturated heterocycles. The lowest BCUT2D eigenvalue weighted by atomic mass is 9.94. The van der Waals surface area contributed by atoms with Gasteiger partial charge < -0.3 is 10.4 Å². The Morgan fingerprint density at radius 3 is 2.86 bits per heavy atom. The van der Waals surface area contributed by atoms with Crippen LogP contribution in [-0.4, -0.2) is 22.6 Å². The zero-order chi connectivity index (χ0) is 14.8. The van der Waals surface area contributed by atoms with Crippen molar-refractivity contribution < 1.29 is 9.90 Å². The summed E-state index contributed by atoms with van der Waals surface area (Å²) in [5, 5.41) is 12.8. The highest BCUT2D eigenvalue weighted by Crippen LogP contribution is 2.32. The van der Waals surface area contributed by atoms with Crippen molar-refractivity contribution in [2.75, 3.05) is 11.9 Å². The predicted molar refractivity (Wildman–Crippen MR) is 82.8 cm³/mol. The van der Waals surface area contributed by atoms with Crippen LogP contribution in [0.15, 0.2) is 6.07 Å². The van der Waals surface area contributed by atoms with Gasteiger partial charge in [0.05, 0.1) is 0 Å². The summed E-state index contributed by atoms with van der Waals surface area (Å²) < 4.78 is 0. The molecule has 0 spiro atoms. The molecule has 2 unspecified atom stereocenters. The Kier molecular flexibility index (Phi) is 4.13. The smallest absolute Gasteiger partial charge is 0.339 e. The van der Waals surface area contributed by atoms with Gasteiger partial charge in [0.2, 0.25) is 0 Å². The lowest BCUT2D eigenvalue weighted by Gasteiger charge is -2.20. The van der Waals surface area contributed by atoms with Gasteiger partial charge in [-0.15, -0.1) is 0 Å². The summed E-state index contributed by atoms with van der Waals surface area (Å²) in [5.41, 5.74) is 2.55. The van der Waals surface area contributed by atoms with Crippen molar-refractivity contribution in [1.29, 1.82) is 0 Å². The van der Waals surface area contributed by atoms with Crippen LogP contribution < -0.4 is 5.32 Å². The quantitative estimate of drug-likeness (QED) is 0.890. The largest absolute Gasteiger partial charge is 0.478 e. The zero-order valence-electron chi connectivity index (χ0n) is 12.7. The van der Waals surface area contributed by atoms with E-state index in [1.165, 1.54) is 19.3 Å². The Morgan fingerprint density at radius 2 is 2.14 bits per heavy atom. The summed E-state index contributed by atoms with van der Waals surface area (Å²) in [6.45, 7) is 3.13. The number of fused-ring (bicyclic) bond motifs is 1. The van der Waals surface area contributed by atoms with Gasteiger partial charge in [-0.05, 0) is 55.6 Å². The molecule has 1 fully saturated rings. The van der Waals surface area contributed by atoms with Crippen LogP contribution >= 0.6 is 0 Å². The van der Waals surface area contributed by atoms with E-state index < -0.39 is 5.97 Å². The van der Waals surface area contributed by atoms with E-state index in [2.05, 4.69) is 17.2 Å². The molecule has 1 aromatic heterocycles. The number of nitrogens with one attached hydrogen (secondary N) is 1. The Bertz CT molecular complexity index is 542. The van der Waals surface area contributed by atoms with Crippen LogP contribution in [0, 0.1) is 11.8 Å². The van der Waals surface area contributed by atoms with Gasteiger partial charge in [-0.25, -0.2) is 9.78 Å². The molecule has 4 nitrogen and oxygen atoms in total. The molecule has 114 valence electrons. The summed E-state index contributed by atoms with van der Waals surface area (Å²) in [7, 11) is 0. The first-order valence-electron chi connectivity index (χ1n) is 8.15. The van der Waals surface area contributed by atoms with E-state index in [9.17, 15) is 9.90 Å². The van der Waals surface area contributed by atoms with Crippen molar-refractivity contribution in [3.05, 3.63) is 22.9 Å². The first-order chi connectivity index (χ1) is 10.1. The van der Waals surface area contributed by atoms with Crippen LogP contribution in [-0.2, 0) is 12.8 Å². The number of rotatable bonds is 4. The Morgan fingerprint density at radius 1 is 1.33 bits per heavy atom. The molecule has 0 aromatic carbocycles. The van der Waals surface area contributed by atoms with Crippen LogP contribution in [0.2, 0.25) is 0 Å². The van der Waals surface area contributed by atoms with Gasteiger partial charge in [-0.2, -0.15) is 0 Å². The molecular weight excluding hydrogens is 264 g/mol. The minimum absolute atomic E-state index is 0.335. The third-order valence-corrected chi connectivity index (χ3v) is 5.10. The van der Waals surface area contributed by atoms with E-state index in [-0.39, 0.29) is 0 Å². The van der Waals surface area contributed by atoms with Crippen LogP contribution in [0.3, 0.4) is 0 Å². The number of anilines is 1. The molecule has 0 amide bonds. The van der Waals surface area contributed by atoms with E-state index >= 15 is 0 Å². The molecule has 0 aliphatic heterocycles. The minimum Gasteiger partial charge on any atom is -0.478 e. The number of hydrogen-bond donors (Lipinski definition) is 2. The molecule has 2 aliphatic rings. The third-order valence-electron chi connectivity index (χ3n) is 5.10. The second-order valence-corrected chi connectivity index (χ2v) is 6.55. The Balaban J connectivity index is 1.80. The lowest BCUT2D eigenvalue weighted by Crippen LogP contribution is -2.20. The van der Waals surface area contributed by atoms with E-state index in [1.54, 1.807) is 0 Å². The highest BCUT2D eigenvalue weighted by atomic mass is 16.4. The molecule has 0 bridgehead atoms. The van der Waals surface area contributed by atoms with Gasteiger partial charge in [0.15, 0.2) is 0 Å². The highest BCUT2D eigenvalue weighted by Gasteiger charge is 2.24. The fourth-order valence-electron chi connectivity index (χ4n) is 3.68. The van der Waals surface area contributed by atoms with E-state index in [0.717, 1.165) is 49.4 Å². The molecule has 1 saturated carbocycles. The van der Waals surface area contributed by atoms with Crippen LogP contribution in [0.5, 0.6) is 0 Å². The normalized spacial score (nSPS) is 24.6. The first kappa shape index (κ1) is 14.4. The number of carboxylic acids is 1. The van der Waals surface area contributed by atoms with Gasteiger partial charge in [0.1, 0.15) is 11.4 Å². The maximum absolute atomic E-state index is 11.5. The average Bonchev–Trinajstić information content (AvgIpc) is 2.89. The topological polar surface area (TPSA) is 62.2 Å². The maximum atomic E-state index is 11.5. The molecule has 1 aromatic rings. The molecule has 21 heavy (non-hydrogen) atoms. The van der Waals surface area contributed by atoms with Crippen LogP contribution in [0.1, 0.15) is 60.6 Å². The number of aryl methyl sites for hydroxylation is 2. The second-order valence-electron chi connectivity index (χ2n) is 6.55. The summed E-state index contributed by atoms with van der Waals surface area (Å²) in [5.74, 6) is 1.06. The van der Waals surface area contributed by atoms with Crippen molar-refractivity contribution in [2.24, 2.45) is 11.8 Å². The summed E-state index contributed by atoms with van der Waals surface area (Å²) >= 11 is 0. The van der Waals surface area contributed by atoms with E-state index in [0.29, 0.717) is 17.3 Å². The number of hydrogen-bond acceptors (Lipinski definition) is 3. The summed E-state index contributed by atoms with van der Waals surface area (Å²) in [6, 6.07) is 1.84. The monoisotopic (exact) mass is 288 g/mol. The molecule has 2 aliphatic carbocycles. The third kappa shape index (κ3) is 3.04.